The van der Waals surface area contributed by atoms with E-state index in [1.54, 1.807) is 13.2 Å². The Kier molecular flexibility index (Phi) is 6.30. The van der Waals surface area contributed by atoms with Gasteiger partial charge in [0.05, 0.1) is 25.3 Å². The molecule has 1 amide bonds. The molecule has 3 rings (SSSR count). The summed E-state index contributed by atoms with van der Waals surface area (Å²) in [6.45, 7) is 2.94. The number of likely N-dealkylation sites (tertiary alicyclic amines) is 1. The minimum Gasteiger partial charge on any atom is -0.497 e. The quantitative estimate of drug-likeness (QED) is 0.796. The van der Waals surface area contributed by atoms with Crippen LogP contribution in [0.5, 0.6) is 5.75 Å². The number of methoxy groups -OCH3 is 1. The maximum Gasteiger partial charge on any atom is 0.254 e. The third-order valence-corrected chi connectivity index (χ3v) is 4.91. The molecule has 26 heavy (non-hydrogen) atoms. The highest BCUT2D eigenvalue weighted by atomic mass is 16.5. The fourth-order valence-electron chi connectivity index (χ4n) is 3.41. The van der Waals surface area contributed by atoms with E-state index in [1.165, 1.54) is 31.1 Å². The van der Waals surface area contributed by atoms with Crippen LogP contribution in [0.15, 0.2) is 41.0 Å². The zero-order valence-electron chi connectivity index (χ0n) is 15.2. The molecule has 2 heterocycles. The molecular formula is C20H27N3O3. The van der Waals surface area contributed by atoms with Crippen LogP contribution in [-0.4, -0.2) is 37.6 Å². The fraction of sp³-hybridized carbons (Fsp3) is 0.450. The standard InChI is InChI=1S/C20H27N3O3/c1-25-17-7-5-15(6-8-17)19(23-9-3-2-4-10-23)13-22-20(24)16-11-18(12-21)26-14-16/h5-8,11,14,19H,2-4,9-10,12-13,21H2,1H3,(H,22,24). The molecule has 1 unspecified atom stereocenters. The van der Waals surface area contributed by atoms with Crippen molar-refractivity contribution < 1.29 is 13.9 Å². The van der Waals surface area contributed by atoms with Crippen LogP contribution in [0.1, 0.15) is 47.0 Å². The minimum absolute atomic E-state index is 0.135. The van der Waals surface area contributed by atoms with E-state index in [4.69, 9.17) is 14.9 Å². The van der Waals surface area contributed by atoms with E-state index in [0.717, 1.165) is 18.8 Å². The van der Waals surface area contributed by atoms with Gasteiger partial charge in [-0.3, -0.25) is 9.69 Å². The van der Waals surface area contributed by atoms with Crippen molar-refractivity contribution >= 4 is 5.91 Å². The van der Waals surface area contributed by atoms with Gasteiger partial charge in [-0.15, -0.1) is 0 Å². The summed E-state index contributed by atoms with van der Waals surface area (Å²) in [5.74, 6) is 1.31. The Morgan fingerprint density at radius 1 is 1.27 bits per heavy atom. The van der Waals surface area contributed by atoms with E-state index in [-0.39, 0.29) is 18.5 Å². The smallest absolute Gasteiger partial charge is 0.254 e. The molecular weight excluding hydrogens is 330 g/mol. The van der Waals surface area contributed by atoms with Crippen LogP contribution in [0.25, 0.3) is 0 Å². The molecule has 0 bridgehead atoms. The molecule has 0 radical (unpaired) electrons. The van der Waals surface area contributed by atoms with Crippen molar-refractivity contribution in [2.24, 2.45) is 5.73 Å². The first-order valence-electron chi connectivity index (χ1n) is 9.15. The van der Waals surface area contributed by atoms with Gasteiger partial charge in [0.25, 0.3) is 5.91 Å². The van der Waals surface area contributed by atoms with Gasteiger partial charge in [-0.1, -0.05) is 18.6 Å². The van der Waals surface area contributed by atoms with Crippen molar-refractivity contribution in [3.63, 3.8) is 0 Å². The van der Waals surface area contributed by atoms with Gasteiger partial charge in [-0.25, -0.2) is 0 Å². The average Bonchev–Trinajstić information content (AvgIpc) is 3.19. The Labute approximate surface area is 154 Å². The van der Waals surface area contributed by atoms with E-state index >= 15 is 0 Å². The number of benzene rings is 1. The lowest BCUT2D eigenvalue weighted by atomic mass is 10.0. The molecule has 1 aromatic heterocycles. The number of nitrogens with two attached hydrogens (primary N) is 1. The summed E-state index contributed by atoms with van der Waals surface area (Å²) in [7, 11) is 1.66. The number of ether oxygens (including phenoxy) is 1. The fourth-order valence-corrected chi connectivity index (χ4v) is 3.41. The van der Waals surface area contributed by atoms with Crippen molar-refractivity contribution in [1.29, 1.82) is 0 Å². The average molecular weight is 357 g/mol. The summed E-state index contributed by atoms with van der Waals surface area (Å²) in [4.78, 5) is 14.9. The van der Waals surface area contributed by atoms with Gasteiger partial charge in [0, 0.05) is 6.54 Å². The summed E-state index contributed by atoms with van der Waals surface area (Å²) < 4.78 is 10.5. The Morgan fingerprint density at radius 2 is 2.00 bits per heavy atom. The molecule has 1 aliphatic rings. The van der Waals surface area contributed by atoms with Gasteiger partial charge in [-0.05, 0) is 49.7 Å². The van der Waals surface area contributed by atoms with Crippen LogP contribution in [0.2, 0.25) is 0 Å². The minimum atomic E-state index is -0.135. The Morgan fingerprint density at radius 3 is 2.62 bits per heavy atom. The molecule has 1 aromatic carbocycles. The monoisotopic (exact) mass is 357 g/mol. The predicted molar refractivity (Wildman–Crippen MR) is 100 cm³/mol. The van der Waals surface area contributed by atoms with E-state index in [1.807, 2.05) is 12.1 Å². The number of carbonyl (C=O) groups is 1. The van der Waals surface area contributed by atoms with Crippen LogP contribution >= 0.6 is 0 Å². The predicted octanol–water partition coefficient (Wildman–Crippen LogP) is 2.70. The first-order valence-corrected chi connectivity index (χ1v) is 9.15. The van der Waals surface area contributed by atoms with Crippen molar-refractivity contribution in [2.75, 3.05) is 26.7 Å². The number of nitrogens with zero attached hydrogens (tertiary/aromatic N) is 1. The molecule has 140 valence electrons. The van der Waals surface area contributed by atoms with Crippen molar-refractivity contribution in [3.05, 3.63) is 53.5 Å². The van der Waals surface area contributed by atoms with Gasteiger partial charge in [0.2, 0.25) is 0 Å². The summed E-state index contributed by atoms with van der Waals surface area (Å²) >= 11 is 0. The first-order chi connectivity index (χ1) is 12.7. The molecule has 1 saturated heterocycles. The zero-order chi connectivity index (χ0) is 18.4. The summed E-state index contributed by atoms with van der Waals surface area (Å²) in [5.41, 5.74) is 7.24. The van der Waals surface area contributed by atoms with E-state index in [0.29, 0.717) is 17.9 Å². The second kappa shape index (κ2) is 8.87. The molecule has 6 heteroatoms. The highest BCUT2D eigenvalue weighted by molar-refractivity contribution is 5.94. The van der Waals surface area contributed by atoms with Crippen LogP contribution in [-0.2, 0) is 6.54 Å². The lowest BCUT2D eigenvalue weighted by molar-refractivity contribution is 0.0924. The first kappa shape index (κ1) is 18.5. The number of amides is 1. The Balaban J connectivity index is 1.71. The van der Waals surface area contributed by atoms with Gasteiger partial charge >= 0.3 is 0 Å². The highest BCUT2D eigenvalue weighted by Gasteiger charge is 2.23. The number of rotatable bonds is 7. The molecule has 6 nitrogen and oxygen atoms in total. The van der Waals surface area contributed by atoms with Gasteiger partial charge in [0.15, 0.2) is 0 Å². The molecule has 3 N–H and O–H groups in total. The maximum absolute atomic E-state index is 12.4. The number of nitrogens with one attached hydrogen (secondary N) is 1. The number of piperidine rings is 1. The summed E-state index contributed by atoms with van der Waals surface area (Å²) in [6.07, 6.45) is 5.13. The van der Waals surface area contributed by atoms with Crippen LogP contribution < -0.4 is 15.8 Å². The number of furan rings is 1. The SMILES string of the molecule is COc1ccc(C(CNC(=O)c2coc(CN)c2)N2CCCCC2)cc1. The van der Waals surface area contributed by atoms with E-state index < -0.39 is 0 Å². The highest BCUT2D eigenvalue weighted by Crippen LogP contribution is 2.26. The number of carbonyl (C=O) groups excluding carboxylic acids is 1. The Bertz CT molecular complexity index is 705. The van der Waals surface area contributed by atoms with Crippen LogP contribution in [0.3, 0.4) is 0 Å². The van der Waals surface area contributed by atoms with Crippen LogP contribution in [0.4, 0.5) is 0 Å². The zero-order valence-corrected chi connectivity index (χ0v) is 15.2. The largest absolute Gasteiger partial charge is 0.497 e. The lowest BCUT2D eigenvalue weighted by Crippen LogP contribution is -2.40. The second-order valence-electron chi connectivity index (χ2n) is 6.60. The normalized spacial score (nSPS) is 16.2. The summed E-state index contributed by atoms with van der Waals surface area (Å²) in [6, 6.07) is 9.93. The van der Waals surface area contributed by atoms with Crippen molar-refractivity contribution in [3.8, 4) is 5.75 Å². The van der Waals surface area contributed by atoms with Gasteiger partial charge in [0.1, 0.15) is 17.8 Å². The molecule has 0 spiro atoms. The van der Waals surface area contributed by atoms with Gasteiger partial charge < -0.3 is 20.2 Å². The molecule has 2 aromatic rings. The molecule has 1 atom stereocenters. The third-order valence-electron chi connectivity index (χ3n) is 4.91. The maximum atomic E-state index is 12.4. The third kappa shape index (κ3) is 4.45. The Hall–Kier alpha value is -2.31. The van der Waals surface area contributed by atoms with Crippen LogP contribution in [0, 0.1) is 0 Å². The van der Waals surface area contributed by atoms with E-state index in [9.17, 15) is 4.79 Å². The van der Waals surface area contributed by atoms with E-state index in [2.05, 4.69) is 22.3 Å². The topological polar surface area (TPSA) is 80.7 Å². The number of hydrogen-bond acceptors (Lipinski definition) is 5. The van der Waals surface area contributed by atoms with Gasteiger partial charge in [-0.2, -0.15) is 0 Å². The lowest BCUT2D eigenvalue weighted by Gasteiger charge is -2.35. The van der Waals surface area contributed by atoms with Crippen molar-refractivity contribution in [2.45, 2.75) is 31.8 Å². The number of hydrogen-bond donors (Lipinski definition) is 2. The summed E-state index contributed by atoms with van der Waals surface area (Å²) in [5, 5.41) is 3.05. The molecule has 1 aliphatic heterocycles. The second-order valence-corrected chi connectivity index (χ2v) is 6.60. The molecule has 0 saturated carbocycles. The van der Waals surface area contributed by atoms with Crippen molar-refractivity contribution in [1.82, 2.24) is 10.2 Å². The molecule has 0 aliphatic carbocycles. The molecule has 1 fully saturated rings.